The van der Waals surface area contributed by atoms with Gasteiger partial charge in [0.25, 0.3) is 5.91 Å². The number of hydrogen-bond donors (Lipinski definition) is 0. The molecule has 0 saturated heterocycles. The third-order valence-electron chi connectivity index (χ3n) is 4.09. The number of carbonyl (C=O) groups is 2. The molecule has 152 valence electrons. The molecule has 0 bridgehead atoms. The van der Waals surface area contributed by atoms with E-state index in [-0.39, 0.29) is 18.4 Å². The topological polar surface area (TPSA) is 69.9 Å². The number of carbonyl (C=O) groups excluding carboxylic acids is 2. The molecule has 6 nitrogen and oxygen atoms in total. The second-order valence-electron chi connectivity index (χ2n) is 5.96. The Morgan fingerprint density at radius 3 is 2.66 bits per heavy atom. The third-order valence-corrected chi connectivity index (χ3v) is 5.93. The number of amides is 1. The van der Waals surface area contributed by atoms with Crippen LogP contribution in [0.5, 0.6) is 5.75 Å². The molecular formula is C21H22N2O4S2. The lowest BCUT2D eigenvalue weighted by Crippen LogP contribution is -2.23. The highest BCUT2D eigenvalue weighted by Gasteiger charge is 2.15. The predicted octanol–water partition coefficient (Wildman–Crippen LogP) is 4.13. The summed E-state index contributed by atoms with van der Waals surface area (Å²) in [6, 6.07) is 13.0. The van der Waals surface area contributed by atoms with E-state index in [4.69, 9.17) is 9.47 Å². The average molecular weight is 431 g/mol. The van der Waals surface area contributed by atoms with Crippen molar-refractivity contribution in [2.45, 2.75) is 25.3 Å². The van der Waals surface area contributed by atoms with Crippen molar-refractivity contribution in [2.75, 3.05) is 19.5 Å². The molecule has 0 aliphatic heterocycles. The lowest BCUT2D eigenvalue weighted by Gasteiger charge is -2.06. The first-order chi connectivity index (χ1) is 14.1. The van der Waals surface area contributed by atoms with Crippen molar-refractivity contribution in [3.05, 3.63) is 52.8 Å². The Labute approximate surface area is 177 Å². The van der Waals surface area contributed by atoms with E-state index >= 15 is 0 Å². The lowest BCUT2D eigenvalue weighted by molar-refractivity contribution is -0.143. The number of benzene rings is 2. The molecule has 0 aliphatic carbocycles. The highest BCUT2D eigenvalue weighted by Crippen LogP contribution is 2.24. The summed E-state index contributed by atoms with van der Waals surface area (Å²) in [5.74, 6) is 0.0128. The van der Waals surface area contributed by atoms with E-state index in [1.165, 1.54) is 23.1 Å². The molecule has 1 aromatic heterocycles. The first-order valence-corrected chi connectivity index (χ1v) is 11.2. The van der Waals surface area contributed by atoms with Gasteiger partial charge in [0.15, 0.2) is 4.80 Å². The maximum atomic E-state index is 12.9. The third kappa shape index (κ3) is 4.89. The minimum absolute atomic E-state index is 0.0158. The Hall–Kier alpha value is -2.58. The molecule has 8 heteroatoms. The van der Waals surface area contributed by atoms with Crippen LogP contribution in [0.4, 0.5) is 0 Å². The maximum Gasteiger partial charge on any atom is 0.326 e. The van der Waals surface area contributed by atoms with E-state index in [0.29, 0.717) is 23.6 Å². The number of rotatable bonds is 7. The van der Waals surface area contributed by atoms with E-state index in [2.05, 4.69) is 4.99 Å². The van der Waals surface area contributed by atoms with Gasteiger partial charge in [-0.25, -0.2) is 0 Å². The van der Waals surface area contributed by atoms with Crippen LogP contribution in [0.2, 0.25) is 0 Å². The van der Waals surface area contributed by atoms with Gasteiger partial charge in [-0.3, -0.25) is 9.59 Å². The summed E-state index contributed by atoms with van der Waals surface area (Å²) in [5.41, 5.74) is 1.34. The van der Waals surface area contributed by atoms with E-state index in [9.17, 15) is 9.59 Å². The number of fused-ring (bicyclic) bond motifs is 1. The smallest absolute Gasteiger partial charge is 0.326 e. The van der Waals surface area contributed by atoms with Gasteiger partial charge in [-0.1, -0.05) is 23.5 Å². The standard InChI is InChI=1S/C21H22N2O4S2/c1-4-26-14-10-11-16-18(12-14)29-21(23(16)13-19(24)27-5-2)22-20(25)15-8-6-7-9-17(15)28-3/h6-12H,4-5,13H2,1-3H3. The molecule has 0 unspecified atom stereocenters. The highest BCUT2D eigenvalue weighted by molar-refractivity contribution is 7.98. The lowest BCUT2D eigenvalue weighted by atomic mass is 10.2. The van der Waals surface area contributed by atoms with Crippen LogP contribution in [0.15, 0.2) is 52.4 Å². The van der Waals surface area contributed by atoms with Crippen LogP contribution >= 0.6 is 23.1 Å². The average Bonchev–Trinajstić information content (AvgIpc) is 3.04. The van der Waals surface area contributed by atoms with Crippen molar-refractivity contribution in [3.63, 3.8) is 0 Å². The Balaban J connectivity index is 2.12. The highest BCUT2D eigenvalue weighted by atomic mass is 32.2. The molecule has 29 heavy (non-hydrogen) atoms. The monoisotopic (exact) mass is 430 g/mol. The fourth-order valence-corrected chi connectivity index (χ4v) is 4.50. The van der Waals surface area contributed by atoms with Gasteiger partial charge in [0.1, 0.15) is 12.3 Å². The van der Waals surface area contributed by atoms with Crippen LogP contribution in [0, 0.1) is 0 Å². The van der Waals surface area contributed by atoms with Gasteiger partial charge in [0.05, 0.1) is 29.0 Å². The summed E-state index contributed by atoms with van der Waals surface area (Å²) in [6.07, 6.45) is 1.92. The molecule has 0 saturated carbocycles. The normalized spacial score (nSPS) is 11.6. The molecule has 0 spiro atoms. The fraction of sp³-hybridized carbons (Fsp3) is 0.286. The van der Waals surface area contributed by atoms with Crippen molar-refractivity contribution >= 4 is 45.2 Å². The molecular weight excluding hydrogens is 408 g/mol. The minimum atomic E-state index is -0.375. The summed E-state index contributed by atoms with van der Waals surface area (Å²) >= 11 is 2.83. The molecule has 3 aromatic rings. The zero-order valence-electron chi connectivity index (χ0n) is 16.5. The van der Waals surface area contributed by atoms with Gasteiger partial charge < -0.3 is 14.0 Å². The maximum absolute atomic E-state index is 12.9. The van der Waals surface area contributed by atoms with Crippen LogP contribution in [-0.4, -0.2) is 35.9 Å². The Bertz CT molecular complexity index is 1100. The van der Waals surface area contributed by atoms with Crippen molar-refractivity contribution in [2.24, 2.45) is 4.99 Å². The summed E-state index contributed by atoms with van der Waals surface area (Å²) in [4.78, 5) is 30.7. The SMILES string of the molecule is CCOC(=O)Cn1c(=NC(=O)c2ccccc2SC)sc2cc(OCC)ccc21. The van der Waals surface area contributed by atoms with Crippen LogP contribution in [-0.2, 0) is 16.1 Å². The van der Waals surface area contributed by atoms with Crippen LogP contribution < -0.4 is 9.54 Å². The van der Waals surface area contributed by atoms with E-state index in [1.807, 2.05) is 49.6 Å². The van der Waals surface area contributed by atoms with Gasteiger partial charge in [0, 0.05) is 4.90 Å². The molecule has 3 rings (SSSR count). The van der Waals surface area contributed by atoms with E-state index < -0.39 is 0 Å². The Morgan fingerprint density at radius 2 is 1.93 bits per heavy atom. The first-order valence-electron chi connectivity index (χ1n) is 9.21. The molecule has 0 aliphatic rings. The molecule has 0 N–H and O–H groups in total. The molecule has 0 fully saturated rings. The predicted molar refractivity (Wildman–Crippen MR) is 116 cm³/mol. The number of nitrogens with zero attached hydrogens (tertiary/aromatic N) is 2. The largest absolute Gasteiger partial charge is 0.494 e. The second kappa shape index (κ2) is 9.76. The van der Waals surface area contributed by atoms with Crippen LogP contribution in [0.1, 0.15) is 24.2 Å². The van der Waals surface area contributed by atoms with Gasteiger partial charge in [-0.2, -0.15) is 4.99 Å². The van der Waals surface area contributed by atoms with E-state index in [0.717, 1.165) is 20.9 Å². The number of ether oxygens (including phenoxy) is 2. The second-order valence-corrected chi connectivity index (χ2v) is 7.81. The van der Waals surface area contributed by atoms with Gasteiger partial charge in [-0.15, -0.1) is 11.8 Å². The molecule has 2 aromatic carbocycles. The molecule has 0 radical (unpaired) electrons. The fourth-order valence-electron chi connectivity index (χ4n) is 2.85. The van der Waals surface area contributed by atoms with Crippen molar-refractivity contribution in [3.8, 4) is 5.75 Å². The number of thioether (sulfide) groups is 1. The minimum Gasteiger partial charge on any atom is -0.494 e. The van der Waals surface area contributed by atoms with Gasteiger partial charge >= 0.3 is 5.97 Å². The van der Waals surface area contributed by atoms with Gasteiger partial charge in [-0.05, 0) is 50.4 Å². The summed E-state index contributed by atoms with van der Waals surface area (Å²) < 4.78 is 13.3. The quantitative estimate of drug-likeness (QED) is 0.416. The van der Waals surface area contributed by atoms with Crippen molar-refractivity contribution < 1.29 is 19.1 Å². The zero-order chi connectivity index (χ0) is 20.8. The summed E-state index contributed by atoms with van der Waals surface area (Å²) in [6.45, 7) is 4.51. The molecule has 1 amide bonds. The number of hydrogen-bond acceptors (Lipinski definition) is 6. The summed E-state index contributed by atoms with van der Waals surface area (Å²) in [7, 11) is 0. The molecule has 1 heterocycles. The molecule has 0 atom stereocenters. The van der Waals surface area contributed by atoms with Crippen LogP contribution in [0.25, 0.3) is 10.2 Å². The Morgan fingerprint density at radius 1 is 1.14 bits per heavy atom. The zero-order valence-corrected chi connectivity index (χ0v) is 18.1. The number of aromatic nitrogens is 1. The van der Waals surface area contributed by atoms with Crippen molar-refractivity contribution in [1.29, 1.82) is 0 Å². The van der Waals surface area contributed by atoms with Crippen LogP contribution in [0.3, 0.4) is 0 Å². The first kappa shape index (κ1) is 21.1. The Kier molecular flexibility index (Phi) is 7.11. The van der Waals surface area contributed by atoms with E-state index in [1.54, 1.807) is 17.6 Å². The van der Waals surface area contributed by atoms with Gasteiger partial charge in [0.2, 0.25) is 0 Å². The number of thiazole rings is 1. The van der Waals surface area contributed by atoms with Crippen molar-refractivity contribution in [1.82, 2.24) is 4.57 Å². The number of esters is 1. The summed E-state index contributed by atoms with van der Waals surface area (Å²) in [5, 5.41) is 0.